The quantitative estimate of drug-likeness (QED) is 0.468. The molecule has 70 valence electrons. The van der Waals surface area contributed by atoms with Crippen molar-refractivity contribution in [2.45, 2.75) is 37.9 Å². The van der Waals surface area contributed by atoms with Crippen LogP contribution in [0.25, 0.3) is 0 Å². The van der Waals surface area contributed by atoms with E-state index in [1.165, 1.54) is 45.8 Å². The molecule has 0 aromatic rings. The second kappa shape index (κ2) is 6.50. The molecule has 0 unspecified atom stereocenters. The van der Waals surface area contributed by atoms with Gasteiger partial charge in [0.2, 0.25) is 0 Å². The third kappa shape index (κ3) is 4.12. The Morgan fingerprint density at radius 1 is 1.25 bits per heavy atom. The highest BCUT2D eigenvalue weighted by molar-refractivity contribution is 6.37. The van der Waals surface area contributed by atoms with Crippen LogP contribution in [0.15, 0.2) is 0 Å². The Morgan fingerprint density at radius 2 is 2.00 bits per heavy atom. The van der Waals surface area contributed by atoms with Crippen LogP contribution in [0.2, 0.25) is 5.82 Å². The molecule has 0 bridgehead atoms. The Morgan fingerprint density at radius 3 is 2.67 bits per heavy atom. The number of hydrogen-bond acceptors (Lipinski definition) is 2. The minimum atomic E-state index is 0.769. The number of hydrogen-bond donors (Lipinski definition) is 2. The highest BCUT2D eigenvalue weighted by Crippen LogP contribution is 2.27. The fourth-order valence-electron chi connectivity index (χ4n) is 2.01. The Bertz CT molecular complexity index is 103. The second-order valence-corrected chi connectivity index (χ2v) is 3.83. The zero-order valence-corrected chi connectivity index (χ0v) is 8.02. The van der Waals surface area contributed by atoms with Gasteiger partial charge in [-0.2, -0.15) is 0 Å². The van der Waals surface area contributed by atoms with Crippen LogP contribution >= 0.6 is 0 Å². The van der Waals surface area contributed by atoms with Gasteiger partial charge in [0.25, 0.3) is 0 Å². The van der Waals surface area contributed by atoms with Gasteiger partial charge < -0.3 is 11.1 Å². The molecule has 3 heteroatoms. The van der Waals surface area contributed by atoms with Crippen molar-refractivity contribution in [3.05, 3.63) is 0 Å². The zero-order chi connectivity index (χ0) is 8.65. The van der Waals surface area contributed by atoms with Crippen LogP contribution in [0, 0.1) is 0 Å². The summed E-state index contributed by atoms with van der Waals surface area (Å²) in [6.45, 7) is 1.75. The van der Waals surface area contributed by atoms with Gasteiger partial charge in [0.05, 0.1) is 0 Å². The van der Waals surface area contributed by atoms with E-state index in [2.05, 4.69) is 5.32 Å². The van der Waals surface area contributed by atoms with Crippen LogP contribution in [0.1, 0.15) is 32.1 Å². The van der Waals surface area contributed by atoms with Crippen molar-refractivity contribution in [3.63, 3.8) is 0 Å². The average Bonchev–Trinajstić information content (AvgIpc) is 2.14. The van der Waals surface area contributed by atoms with E-state index in [9.17, 15) is 0 Å². The lowest BCUT2D eigenvalue weighted by atomic mass is 9.59. The Balaban J connectivity index is 1.91. The summed E-state index contributed by atoms with van der Waals surface area (Å²) in [7, 11) is 1.36. The molecule has 0 aromatic heterocycles. The van der Waals surface area contributed by atoms with Crippen LogP contribution in [0.4, 0.5) is 0 Å². The second-order valence-electron chi connectivity index (χ2n) is 3.83. The predicted molar refractivity (Wildman–Crippen MR) is 55.9 cm³/mol. The lowest BCUT2D eigenvalue weighted by Gasteiger charge is -2.20. The summed E-state index contributed by atoms with van der Waals surface area (Å²) in [4.78, 5) is 0. The molecule has 1 fully saturated rings. The molecule has 0 aliphatic heterocycles. The Hall–Kier alpha value is -0.0151. The van der Waals surface area contributed by atoms with Crippen molar-refractivity contribution in [2.24, 2.45) is 5.73 Å². The summed E-state index contributed by atoms with van der Waals surface area (Å²) in [5.41, 5.74) is 5.39. The maximum atomic E-state index is 5.39. The van der Waals surface area contributed by atoms with Crippen molar-refractivity contribution >= 4 is 7.28 Å². The first-order valence-corrected chi connectivity index (χ1v) is 5.34. The van der Waals surface area contributed by atoms with Gasteiger partial charge in [-0.3, -0.25) is 0 Å². The Labute approximate surface area is 76.5 Å². The molecule has 1 saturated carbocycles. The molecular formula is C9H21BN2. The van der Waals surface area contributed by atoms with Gasteiger partial charge in [0.15, 0.2) is 0 Å². The molecule has 1 aliphatic carbocycles. The molecule has 0 spiro atoms. The van der Waals surface area contributed by atoms with Gasteiger partial charge in [-0.15, -0.1) is 0 Å². The normalized spacial score (nSPS) is 19.4. The zero-order valence-electron chi connectivity index (χ0n) is 8.02. The van der Waals surface area contributed by atoms with E-state index < -0.39 is 0 Å². The maximum absolute atomic E-state index is 5.39. The fraction of sp³-hybridized carbons (Fsp3) is 1.00. The van der Waals surface area contributed by atoms with Gasteiger partial charge in [-0.25, -0.2) is 0 Å². The van der Waals surface area contributed by atoms with Crippen molar-refractivity contribution in [1.29, 1.82) is 0 Å². The summed E-state index contributed by atoms with van der Waals surface area (Å²) in [5.74, 6) is 1.00. The van der Waals surface area contributed by atoms with Crippen LogP contribution in [-0.4, -0.2) is 26.8 Å². The summed E-state index contributed by atoms with van der Waals surface area (Å²) in [6, 6.07) is 0. The summed E-state index contributed by atoms with van der Waals surface area (Å²) in [5, 5.41) is 3.36. The third-order valence-electron chi connectivity index (χ3n) is 2.78. The highest BCUT2D eigenvalue weighted by Gasteiger charge is 2.13. The number of nitrogens with one attached hydrogen (secondary N) is 1. The molecule has 0 aromatic carbocycles. The van der Waals surface area contributed by atoms with E-state index in [0.717, 1.165) is 18.9 Å². The Kier molecular flexibility index (Phi) is 5.45. The average molecular weight is 168 g/mol. The molecular weight excluding hydrogens is 147 g/mol. The van der Waals surface area contributed by atoms with Gasteiger partial charge in [-0.1, -0.05) is 37.9 Å². The monoisotopic (exact) mass is 168 g/mol. The molecule has 2 nitrogen and oxygen atoms in total. The van der Waals surface area contributed by atoms with E-state index in [1.807, 2.05) is 0 Å². The van der Waals surface area contributed by atoms with E-state index in [1.54, 1.807) is 0 Å². The highest BCUT2D eigenvalue weighted by atomic mass is 14.8. The molecule has 12 heavy (non-hydrogen) atoms. The minimum absolute atomic E-state index is 0.769. The van der Waals surface area contributed by atoms with Crippen LogP contribution in [-0.2, 0) is 0 Å². The topological polar surface area (TPSA) is 38.0 Å². The number of rotatable bonds is 5. The molecule has 0 saturated heterocycles. The minimum Gasteiger partial charge on any atom is -0.329 e. The smallest absolute Gasteiger partial charge is 0.141 e. The maximum Gasteiger partial charge on any atom is 0.141 e. The van der Waals surface area contributed by atoms with E-state index in [4.69, 9.17) is 5.73 Å². The lowest BCUT2D eigenvalue weighted by molar-refractivity contribution is 0.499. The molecule has 0 atom stereocenters. The van der Waals surface area contributed by atoms with E-state index in [0.29, 0.717) is 0 Å². The van der Waals surface area contributed by atoms with Gasteiger partial charge >= 0.3 is 0 Å². The summed E-state index contributed by atoms with van der Waals surface area (Å²) < 4.78 is 0. The summed E-state index contributed by atoms with van der Waals surface area (Å²) in [6.07, 6.45) is 8.48. The lowest BCUT2D eigenvalue weighted by Crippen LogP contribution is -2.28. The first-order chi connectivity index (χ1) is 5.93. The van der Waals surface area contributed by atoms with E-state index >= 15 is 0 Å². The van der Waals surface area contributed by atoms with Crippen LogP contribution < -0.4 is 11.1 Å². The first-order valence-electron chi connectivity index (χ1n) is 5.34. The fourth-order valence-corrected chi connectivity index (χ4v) is 2.01. The van der Waals surface area contributed by atoms with Crippen molar-refractivity contribution in [2.75, 3.05) is 19.5 Å². The molecule has 0 radical (unpaired) electrons. The van der Waals surface area contributed by atoms with Crippen LogP contribution in [0.5, 0.6) is 0 Å². The first kappa shape index (κ1) is 10.1. The van der Waals surface area contributed by atoms with Gasteiger partial charge in [-0.05, 0) is 6.44 Å². The SMILES string of the molecule is NCCNCBC1CCCCC1. The molecule has 0 heterocycles. The standard InChI is InChI=1S/C9H21BN2/c11-6-7-12-8-10-9-4-2-1-3-5-9/h9-10,12H,1-8,11H2. The van der Waals surface area contributed by atoms with Gasteiger partial charge in [0.1, 0.15) is 7.28 Å². The molecule has 0 amide bonds. The molecule has 1 rings (SSSR count). The van der Waals surface area contributed by atoms with Crippen molar-refractivity contribution in [3.8, 4) is 0 Å². The van der Waals surface area contributed by atoms with Gasteiger partial charge in [0, 0.05) is 13.1 Å². The van der Waals surface area contributed by atoms with Crippen molar-refractivity contribution in [1.82, 2.24) is 5.32 Å². The summed E-state index contributed by atoms with van der Waals surface area (Å²) >= 11 is 0. The largest absolute Gasteiger partial charge is 0.329 e. The predicted octanol–water partition coefficient (Wildman–Crippen LogP) is 0.681. The van der Waals surface area contributed by atoms with Crippen LogP contribution in [0.3, 0.4) is 0 Å². The van der Waals surface area contributed by atoms with Crippen molar-refractivity contribution < 1.29 is 0 Å². The molecule has 1 aliphatic rings. The van der Waals surface area contributed by atoms with E-state index in [-0.39, 0.29) is 0 Å². The molecule has 3 N–H and O–H groups in total. The third-order valence-corrected chi connectivity index (χ3v) is 2.78. The number of nitrogens with two attached hydrogens (primary N) is 1.